The molecule has 0 unspecified atom stereocenters. The van der Waals surface area contributed by atoms with Crippen LogP contribution in [0.1, 0.15) is 38.7 Å². The fraction of sp³-hybridized carbons (Fsp3) is 0.481. The van der Waals surface area contributed by atoms with Crippen molar-refractivity contribution in [1.82, 2.24) is 9.97 Å². The molecule has 35 heavy (non-hydrogen) atoms. The number of ketones is 1. The zero-order valence-electron chi connectivity index (χ0n) is 19.8. The Labute approximate surface area is 203 Å². The van der Waals surface area contributed by atoms with E-state index >= 15 is 0 Å². The number of fused-ring (bicyclic) bond motifs is 2. The van der Waals surface area contributed by atoms with Gasteiger partial charge < -0.3 is 14.3 Å². The van der Waals surface area contributed by atoms with Crippen molar-refractivity contribution in [2.24, 2.45) is 34.0 Å². The van der Waals surface area contributed by atoms with Gasteiger partial charge in [0, 0.05) is 41.3 Å². The standard InChI is InChI=1S/C27H28N2O6/c1-16-18-6-7-19-26(10-4-9-25(2,3)20(26)13-30)14-34-24(33)27(19,22(16)32)23(18)35-21(31)8-5-17-11-28-15-29-12-17/h4-5,8,10-13,15,18-20,23H,1,6-7,9,14H2,2-3H3/b8-5+/t18-,19-,20+,23+,26+,27-/m0/s1. The summed E-state index contributed by atoms with van der Waals surface area (Å²) >= 11 is 0. The van der Waals surface area contributed by atoms with Gasteiger partial charge in [-0.05, 0) is 42.2 Å². The van der Waals surface area contributed by atoms with Crippen molar-refractivity contribution in [1.29, 1.82) is 0 Å². The number of esters is 2. The first-order valence-electron chi connectivity index (χ1n) is 11.9. The molecule has 0 aromatic carbocycles. The third kappa shape index (κ3) is 3.18. The molecule has 8 heteroatoms. The van der Waals surface area contributed by atoms with Crippen LogP contribution in [0.25, 0.3) is 6.08 Å². The average molecular weight is 477 g/mol. The van der Waals surface area contributed by atoms with Crippen LogP contribution < -0.4 is 0 Å². The largest absolute Gasteiger partial charge is 0.464 e. The van der Waals surface area contributed by atoms with Gasteiger partial charge in [-0.3, -0.25) is 9.59 Å². The summed E-state index contributed by atoms with van der Waals surface area (Å²) < 4.78 is 11.6. The minimum atomic E-state index is -1.71. The SMILES string of the molecule is C=C1C(=O)[C@@]23C(=O)OC[C@]4(C=CCC(C)(C)[C@H]4C=O)[C@@H]2CC[C@@H]1[C@H]3OC(=O)/C=C/c1cncnc1. The van der Waals surface area contributed by atoms with E-state index < -0.39 is 52.4 Å². The van der Waals surface area contributed by atoms with Gasteiger partial charge in [0.1, 0.15) is 25.3 Å². The van der Waals surface area contributed by atoms with Crippen molar-refractivity contribution >= 4 is 30.1 Å². The average Bonchev–Trinajstić information content (AvgIpc) is 2.95. The van der Waals surface area contributed by atoms with Crippen molar-refractivity contribution in [3.8, 4) is 0 Å². The molecule has 8 nitrogen and oxygen atoms in total. The van der Waals surface area contributed by atoms with Crippen LogP contribution in [-0.2, 0) is 28.7 Å². The first kappa shape index (κ1) is 23.3. The van der Waals surface area contributed by atoms with Gasteiger partial charge in [-0.1, -0.05) is 32.6 Å². The lowest BCUT2D eigenvalue weighted by Gasteiger charge is -2.58. The number of Topliss-reactive ketones (excluding diaryl/α,β-unsaturated/α-hetero) is 1. The highest BCUT2D eigenvalue weighted by molar-refractivity contribution is 6.16. The molecule has 5 rings (SSSR count). The quantitative estimate of drug-likeness (QED) is 0.214. The fourth-order valence-electron chi connectivity index (χ4n) is 7.00. The highest BCUT2D eigenvalue weighted by Crippen LogP contribution is 2.67. The van der Waals surface area contributed by atoms with E-state index in [0.29, 0.717) is 24.8 Å². The molecule has 2 spiro atoms. The maximum atomic E-state index is 13.8. The minimum Gasteiger partial charge on any atom is -0.464 e. The van der Waals surface area contributed by atoms with Crippen molar-refractivity contribution in [3.63, 3.8) is 0 Å². The number of hydrogen-bond donors (Lipinski definition) is 0. The van der Waals surface area contributed by atoms with E-state index in [1.54, 1.807) is 12.4 Å². The van der Waals surface area contributed by atoms with Crippen LogP contribution in [0.5, 0.6) is 0 Å². The number of carbonyl (C=O) groups excluding carboxylic acids is 4. The molecule has 0 radical (unpaired) electrons. The van der Waals surface area contributed by atoms with Crippen molar-refractivity contribution in [2.45, 2.75) is 39.2 Å². The summed E-state index contributed by atoms with van der Waals surface area (Å²) in [5, 5.41) is 0. The second-order valence-corrected chi connectivity index (χ2v) is 10.7. The van der Waals surface area contributed by atoms with Gasteiger partial charge in [0.15, 0.2) is 11.2 Å². The summed E-state index contributed by atoms with van der Waals surface area (Å²) in [6, 6.07) is 0. The molecule has 2 saturated carbocycles. The Balaban J connectivity index is 1.56. The van der Waals surface area contributed by atoms with E-state index in [1.807, 2.05) is 26.0 Å². The summed E-state index contributed by atoms with van der Waals surface area (Å²) in [5.41, 5.74) is -2.07. The van der Waals surface area contributed by atoms with Crippen LogP contribution in [0, 0.1) is 34.0 Å². The number of carbonyl (C=O) groups is 4. The van der Waals surface area contributed by atoms with Crippen LogP contribution in [0.3, 0.4) is 0 Å². The molecule has 1 aromatic heterocycles. The molecule has 2 heterocycles. The van der Waals surface area contributed by atoms with E-state index in [1.165, 1.54) is 18.5 Å². The molecule has 6 atom stereocenters. The van der Waals surface area contributed by atoms with Crippen molar-refractivity contribution in [2.75, 3.05) is 6.61 Å². The summed E-state index contributed by atoms with van der Waals surface area (Å²) in [6.07, 6.45) is 12.8. The highest BCUT2D eigenvalue weighted by atomic mass is 16.6. The maximum Gasteiger partial charge on any atom is 0.331 e. The van der Waals surface area contributed by atoms with Gasteiger partial charge in [-0.2, -0.15) is 0 Å². The number of cyclic esters (lactones) is 1. The molecule has 0 amide bonds. The van der Waals surface area contributed by atoms with Gasteiger partial charge >= 0.3 is 11.9 Å². The molecule has 1 aliphatic heterocycles. The minimum absolute atomic E-state index is 0.0145. The lowest BCUT2D eigenvalue weighted by Crippen LogP contribution is -2.66. The Kier molecular flexibility index (Phi) is 5.38. The van der Waals surface area contributed by atoms with Crippen LogP contribution in [0.4, 0.5) is 0 Å². The van der Waals surface area contributed by atoms with E-state index in [4.69, 9.17) is 9.47 Å². The van der Waals surface area contributed by atoms with E-state index in [9.17, 15) is 19.2 Å². The molecule has 2 bridgehead atoms. The predicted octanol–water partition coefficient (Wildman–Crippen LogP) is 2.90. The number of allylic oxidation sites excluding steroid dienone is 1. The fourth-order valence-corrected chi connectivity index (χ4v) is 7.00. The summed E-state index contributed by atoms with van der Waals surface area (Å²) in [5.74, 6) is -3.31. The molecular formula is C27H28N2O6. The molecule has 4 aliphatic rings. The second-order valence-electron chi connectivity index (χ2n) is 10.7. The van der Waals surface area contributed by atoms with Crippen molar-refractivity contribution < 1.29 is 28.7 Å². The smallest absolute Gasteiger partial charge is 0.331 e. The Hall–Kier alpha value is -3.42. The maximum absolute atomic E-state index is 13.8. The molecule has 182 valence electrons. The van der Waals surface area contributed by atoms with E-state index in [2.05, 4.69) is 16.5 Å². The summed E-state index contributed by atoms with van der Waals surface area (Å²) in [4.78, 5) is 60.4. The Morgan fingerprint density at radius 1 is 1.23 bits per heavy atom. The number of aldehydes is 1. The second kappa shape index (κ2) is 8.07. The number of nitrogens with zero attached hydrogens (tertiary/aromatic N) is 2. The van der Waals surface area contributed by atoms with E-state index in [0.717, 1.165) is 6.29 Å². The first-order valence-corrected chi connectivity index (χ1v) is 11.9. The van der Waals surface area contributed by atoms with Crippen LogP contribution in [-0.4, -0.2) is 46.7 Å². The van der Waals surface area contributed by atoms with Gasteiger partial charge in [-0.25, -0.2) is 14.8 Å². The molecule has 0 N–H and O–H groups in total. The number of ether oxygens (including phenoxy) is 2. The van der Waals surface area contributed by atoms with Gasteiger partial charge in [-0.15, -0.1) is 0 Å². The Morgan fingerprint density at radius 3 is 2.69 bits per heavy atom. The van der Waals surface area contributed by atoms with Gasteiger partial charge in [0.2, 0.25) is 0 Å². The van der Waals surface area contributed by atoms with Gasteiger partial charge in [0.25, 0.3) is 0 Å². The zero-order chi connectivity index (χ0) is 25.0. The third-order valence-electron chi connectivity index (χ3n) is 8.55. The van der Waals surface area contributed by atoms with Crippen molar-refractivity contribution in [3.05, 3.63) is 54.7 Å². The third-order valence-corrected chi connectivity index (χ3v) is 8.55. The predicted molar refractivity (Wildman–Crippen MR) is 124 cm³/mol. The summed E-state index contributed by atoms with van der Waals surface area (Å²) in [6.45, 7) is 8.02. The van der Waals surface area contributed by atoms with Crippen LogP contribution >= 0.6 is 0 Å². The van der Waals surface area contributed by atoms with Crippen LogP contribution in [0.15, 0.2) is 49.1 Å². The number of aromatic nitrogens is 2. The molecule has 3 aliphatic carbocycles. The lowest BCUT2D eigenvalue weighted by atomic mass is 9.46. The molecule has 3 fully saturated rings. The molecular weight excluding hydrogens is 448 g/mol. The summed E-state index contributed by atoms with van der Waals surface area (Å²) in [7, 11) is 0. The molecule has 1 saturated heterocycles. The number of rotatable bonds is 4. The Bertz CT molecular complexity index is 1170. The monoisotopic (exact) mass is 476 g/mol. The van der Waals surface area contributed by atoms with E-state index in [-0.39, 0.29) is 17.6 Å². The number of hydrogen-bond acceptors (Lipinski definition) is 8. The molecule has 1 aromatic rings. The Morgan fingerprint density at radius 2 is 1.97 bits per heavy atom. The lowest BCUT2D eigenvalue weighted by molar-refractivity contribution is -0.215. The first-order chi connectivity index (χ1) is 16.7. The zero-order valence-corrected chi connectivity index (χ0v) is 19.8. The normalized spacial score (nSPS) is 37.3. The topological polar surface area (TPSA) is 113 Å². The van der Waals surface area contributed by atoms with Gasteiger partial charge in [0.05, 0.1) is 0 Å². The highest BCUT2D eigenvalue weighted by Gasteiger charge is 2.76. The van der Waals surface area contributed by atoms with Crippen LogP contribution in [0.2, 0.25) is 0 Å².